The van der Waals surface area contributed by atoms with Gasteiger partial charge in [0.15, 0.2) is 0 Å². The average molecular weight is 446 g/mol. The van der Waals surface area contributed by atoms with E-state index in [1.807, 2.05) is 42.7 Å². The zero-order chi connectivity index (χ0) is 22.4. The van der Waals surface area contributed by atoms with Gasteiger partial charge in [-0.1, -0.05) is 36.4 Å². The lowest BCUT2D eigenvalue weighted by atomic mass is 9.87. The fourth-order valence-electron chi connectivity index (χ4n) is 3.52. The highest BCUT2D eigenvalue weighted by molar-refractivity contribution is 7.92. The van der Waals surface area contributed by atoms with Crippen molar-refractivity contribution >= 4 is 27.3 Å². The quantitative estimate of drug-likeness (QED) is 0.418. The molecule has 3 aromatic heterocycles. The summed E-state index contributed by atoms with van der Waals surface area (Å²) in [5.74, 6) is 0.885. The first-order valence-corrected chi connectivity index (χ1v) is 12.0. The van der Waals surface area contributed by atoms with E-state index < -0.39 is 10.0 Å². The van der Waals surface area contributed by atoms with E-state index in [0.29, 0.717) is 5.82 Å². The van der Waals surface area contributed by atoms with Crippen LogP contribution in [0, 0.1) is 0 Å². The van der Waals surface area contributed by atoms with E-state index in [-0.39, 0.29) is 11.7 Å². The monoisotopic (exact) mass is 445 g/mol. The number of sulfonamides is 1. The van der Waals surface area contributed by atoms with Gasteiger partial charge in [0.05, 0.1) is 6.26 Å². The van der Waals surface area contributed by atoms with Gasteiger partial charge >= 0.3 is 0 Å². The van der Waals surface area contributed by atoms with Crippen molar-refractivity contribution in [2.45, 2.75) is 12.3 Å². The number of nitrogens with zero attached hydrogens (tertiary/aromatic N) is 3. The Labute approximate surface area is 187 Å². The fourth-order valence-corrected chi connectivity index (χ4v) is 4.02. The van der Waals surface area contributed by atoms with Gasteiger partial charge in [-0.15, -0.1) is 0 Å². The molecule has 0 atom stereocenters. The Hall–Kier alpha value is -3.78. The summed E-state index contributed by atoms with van der Waals surface area (Å²) < 4.78 is 25.5. The van der Waals surface area contributed by atoms with Crippen LogP contribution in [-0.4, -0.2) is 29.6 Å². The molecule has 3 heterocycles. The second-order valence-electron chi connectivity index (χ2n) is 7.39. The fraction of sp³-hybridized carbons (Fsp3) is 0.125. The van der Waals surface area contributed by atoms with Crippen LogP contribution < -0.4 is 10.0 Å². The number of rotatable bonds is 8. The largest absolute Gasteiger partial charge is 0.340 e. The van der Waals surface area contributed by atoms with Gasteiger partial charge in [0.25, 0.3) is 0 Å². The third-order valence-electron chi connectivity index (χ3n) is 4.92. The molecule has 0 saturated carbocycles. The molecule has 0 aliphatic rings. The first kappa shape index (κ1) is 21.5. The van der Waals surface area contributed by atoms with E-state index in [0.717, 1.165) is 35.1 Å². The highest BCUT2D eigenvalue weighted by Gasteiger charge is 2.17. The summed E-state index contributed by atoms with van der Waals surface area (Å²) in [5, 5.41) is 3.33. The molecular formula is C24H23N5O2S. The second kappa shape index (κ2) is 9.57. The minimum Gasteiger partial charge on any atom is -0.340 e. The highest BCUT2D eigenvalue weighted by Crippen LogP contribution is 2.31. The van der Waals surface area contributed by atoms with Crippen LogP contribution in [0.1, 0.15) is 22.6 Å². The molecule has 8 heteroatoms. The summed E-state index contributed by atoms with van der Waals surface area (Å²) >= 11 is 0. The maximum atomic E-state index is 11.5. The van der Waals surface area contributed by atoms with Crippen molar-refractivity contribution in [2.75, 3.05) is 16.3 Å². The summed E-state index contributed by atoms with van der Waals surface area (Å²) in [4.78, 5) is 13.0. The van der Waals surface area contributed by atoms with Gasteiger partial charge in [0.1, 0.15) is 11.6 Å². The zero-order valence-electron chi connectivity index (χ0n) is 17.5. The molecule has 1 aromatic carbocycles. The molecule has 162 valence electrons. The van der Waals surface area contributed by atoms with E-state index >= 15 is 0 Å². The molecule has 32 heavy (non-hydrogen) atoms. The zero-order valence-corrected chi connectivity index (χ0v) is 18.3. The lowest BCUT2D eigenvalue weighted by Gasteiger charge is -2.20. The molecule has 0 amide bonds. The number of nitrogens with one attached hydrogen (secondary N) is 2. The van der Waals surface area contributed by atoms with Crippen LogP contribution >= 0.6 is 0 Å². The lowest BCUT2D eigenvalue weighted by molar-refractivity contribution is 0.606. The third kappa shape index (κ3) is 5.67. The minimum atomic E-state index is -3.40. The maximum absolute atomic E-state index is 11.5. The first-order chi connectivity index (χ1) is 15.5. The molecule has 0 aliphatic carbocycles. The number of pyridine rings is 3. The number of benzene rings is 1. The molecule has 2 N–H and O–H groups in total. The van der Waals surface area contributed by atoms with Crippen LogP contribution in [0.3, 0.4) is 0 Å². The van der Waals surface area contributed by atoms with Crippen molar-refractivity contribution in [3.63, 3.8) is 0 Å². The van der Waals surface area contributed by atoms with Gasteiger partial charge in [-0.2, -0.15) is 0 Å². The van der Waals surface area contributed by atoms with Crippen LogP contribution in [0.15, 0.2) is 91.5 Å². The lowest BCUT2D eigenvalue weighted by Crippen LogP contribution is -2.11. The smallest absolute Gasteiger partial charge is 0.230 e. The van der Waals surface area contributed by atoms with Crippen LogP contribution in [-0.2, 0) is 16.4 Å². The van der Waals surface area contributed by atoms with Crippen LogP contribution in [0.25, 0.3) is 0 Å². The van der Waals surface area contributed by atoms with Crippen molar-refractivity contribution in [1.82, 2.24) is 15.0 Å². The van der Waals surface area contributed by atoms with E-state index in [2.05, 4.69) is 43.2 Å². The van der Waals surface area contributed by atoms with Gasteiger partial charge in [0.2, 0.25) is 10.0 Å². The first-order valence-electron chi connectivity index (χ1n) is 10.1. The number of aromatic nitrogens is 3. The van der Waals surface area contributed by atoms with Crippen molar-refractivity contribution in [3.05, 3.63) is 108 Å². The summed E-state index contributed by atoms with van der Waals surface area (Å²) in [5.41, 5.74) is 4.20. The molecule has 0 unspecified atom stereocenters. The standard InChI is InChI=1S/C24H23N5O2S/c1-32(30,31)29-24-12-4-11-23(28-24)27-22-10-3-2-7-18(22)15-21(19-8-5-13-25-16-19)20-9-6-14-26-17-20/h2-14,16-17,21H,15H2,1H3,(H2,27,28,29). The van der Waals surface area contributed by atoms with E-state index in [1.54, 1.807) is 30.6 Å². The van der Waals surface area contributed by atoms with Crippen molar-refractivity contribution in [2.24, 2.45) is 0 Å². The Kier molecular flexibility index (Phi) is 6.42. The molecule has 0 aliphatic heterocycles. The SMILES string of the molecule is CS(=O)(=O)Nc1cccc(Nc2ccccc2CC(c2cccnc2)c2cccnc2)n1. The summed E-state index contributed by atoms with van der Waals surface area (Å²) in [7, 11) is -3.40. The van der Waals surface area contributed by atoms with Gasteiger partial charge in [-0.3, -0.25) is 14.7 Å². The third-order valence-corrected chi connectivity index (χ3v) is 5.50. The number of hydrogen-bond donors (Lipinski definition) is 2. The Morgan fingerprint density at radius 3 is 2.09 bits per heavy atom. The molecule has 0 saturated heterocycles. The Morgan fingerprint density at radius 2 is 1.47 bits per heavy atom. The van der Waals surface area contributed by atoms with Crippen LogP contribution in [0.5, 0.6) is 0 Å². The summed E-state index contributed by atoms with van der Waals surface area (Å²) in [6.45, 7) is 0. The predicted octanol–water partition coefficient (Wildman–Crippen LogP) is 4.36. The maximum Gasteiger partial charge on any atom is 0.230 e. The molecule has 0 fully saturated rings. The normalized spacial score (nSPS) is 11.3. The van der Waals surface area contributed by atoms with Gasteiger partial charge in [-0.05, 0) is 53.4 Å². The van der Waals surface area contributed by atoms with Crippen LogP contribution in [0.2, 0.25) is 0 Å². The predicted molar refractivity (Wildman–Crippen MR) is 126 cm³/mol. The number of anilines is 3. The Bertz CT molecular complexity index is 1240. The molecular weight excluding hydrogens is 422 g/mol. The van der Waals surface area contributed by atoms with Gasteiger partial charge in [-0.25, -0.2) is 13.4 Å². The van der Waals surface area contributed by atoms with Crippen LogP contribution in [0.4, 0.5) is 17.3 Å². The molecule has 0 spiro atoms. The van der Waals surface area contributed by atoms with Crippen molar-refractivity contribution in [1.29, 1.82) is 0 Å². The van der Waals surface area contributed by atoms with E-state index in [9.17, 15) is 8.42 Å². The molecule has 0 bridgehead atoms. The Balaban J connectivity index is 1.64. The van der Waals surface area contributed by atoms with Gasteiger partial charge in [0, 0.05) is 36.4 Å². The minimum absolute atomic E-state index is 0.0755. The van der Waals surface area contributed by atoms with Crippen molar-refractivity contribution in [3.8, 4) is 0 Å². The topological polar surface area (TPSA) is 96.9 Å². The molecule has 4 rings (SSSR count). The van der Waals surface area contributed by atoms with E-state index in [4.69, 9.17) is 0 Å². The summed E-state index contributed by atoms with van der Waals surface area (Å²) in [6.07, 6.45) is 9.12. The van der Waals surface area contributed by atoms with E-state index in [1.165, 1.54) is 0 Å². The summed E-state index contributed by atoms with van der Waals surface area (Å²) in [6, 6.07) is 21.2. The van der Waals surface area contributed by atoms with Crippen molar-refractivity contribution < 1.29 is 8.42 Å². The molecule has 0 radical (unpaired) electrons. The second-order valence-corrected chi connectivity index (χ2v) is 9.14. The Morgan fingerprint density at radius 1 is 0.812 bits per heavy atom. The highest BCUT2D eigenvalue weighted by atomic mass is 32.2. The molecule has 7 nitrogen and oxygen atoms in total. The number of hydrogen-bond acceptors (Lipinski definition) is 6. The van der Waals surface area contributed by atoms with Gasteiger partial charge < -0.3 is 5.32 Å². The number of para-hydroxylation sites is 1. The average Bonchev–Trinajstić information content (AvgIpc) is 2.79. The molecule has 4 aromatic rings.